The van der Waals surface area contributed by atoms with Crippen molar-refractivity contribution in [2.45, 2.75) is 32.6 Å². The Kier molecular flexibility index (Phi) is 4.99. The van der Waals surface area contributed by atoms with Crippen molar-refractivity contribution >= 4 is 23.3 Å². The van der Waals surface area contributed by atoms with E-state index in [2.05, 4.69) is 4.90 Å². The average Bonchev–Trinajstić information content (AvgIpc) is 3.18. The van der Waals surface area contributed by atoms with Crippen LogP contribution in [0.4, 0.5) is 5.82 Å². The predicted octanol–water partition coefficient (Wildman–Crippen LogP) is 3.36. The molecule has 3 heterocycles. The first-order valence-electron chi connectivity index (χ1n) is 10.8. The lowest BCUT2D eigenvalue weighted by atomic mass is 9.97. The van der Waals surface area contributed by atoms with Crippen molar-refractivity contribution in [2.24, 2.45) is 0 Å². The zero-order chi connectivity index (χ0) is 20.5. The zero-order valence-corrected chi connectivity index (χ0v) is 17.4. The molecule has 6 nitrogen and oxygen atoms in total. The van der Waals surface area contributed by atoms with Gasteiger partial charge < -0.3 is 9.80 Å². The summed E-state index contributed by atoms with van der Waals surface area (Å²) in [6.45, 7) is 4.90. The molecule has 3 aromatic rings. The largest absolute Gasteiger partial charge is 0.351 e. The van der Waals surface area contributed by atoms with Gasteiger partial charge >= 0.3 is 0 Å². The number of piperazine rings is 1. The lowest BCUT2D eigenvalue weighted by molar-refractivity contribution is -0.127. The minimum Gasteiger partial charge on any atom is -0.351 e. The second kappa shape index (κ2) is 7.94. The highest BCUT2D eigenvalue weighted by atomic mass is 16.2. The van der Waals surface area contributed by atoms with Gasteiger partial charge in [0.2, 0.25) is 5.91 Å². The summed E-state index contributed by atoms with van der Waals surface area (Å²) in [5, 5.41) is 4.79. The van der Waals surface area contributed by atoms with E-state index in [1.807, 2.05) is 65.1 Å². The summed E-state index contributed by atoms with van der Waals surface area (Å²) in [5.41, 5.74) is 5.59. The Hall–Kier alpha value is -3.15. The average molecular weight is 402 g/mol. The molecule has 2 aliphatic rings. The van der Waals surface area contributed by atoms with Crippen molar-refractivity contribution in [1.29, 1.82) is 0 Å². The molecule has 30 heavy (non-hydrogen) atoms. The van der Waals surface area contributed by atoms with E-state index in [4.69, 9.17) is 10.1 Å². The van der Waals surface area contributed by atoms with Gasteiger partial charge in [0.05, 0.1) is 5.69 Å². The van der Waals surface area contributed by atoms with Crippen LogP contribution in [0, 0.1) is 0 Å². The number of carbonyl (C=O) groups is 1. The molecule has 1 fully saturated rings. The Bertz CT molecular complexity index is 1090. The van der Waals surface area contributed by atoms with Crippen molar-refractivity contribution in [2.75, 3.05) is 31.1 Å². The predicted molar refractivity (Wildman–Crippen MR) is 119 cm³/mol. The van der Waals surface area contributed by atoms with E-state index in [1.54, 1.807) is 0 Å². The number of rotatable bonds is 3. The number of aryl methyl sites for hydroxylation is 2. The van der Waals surface area contributed by atoms with Crippen molar-refractivity contribution in [3.05, 3.63) is 65.1 Å². The summed E-state index contributed by atoms with van der Waals surface area (Å²) in [5.74, 6) is 1.13. The van der Waals surface area contributed by atoms with Crippen LogP contribution in [0.1, 0.15) is 36.6 Å². The van der Waals surface area contributed by atoms with Gasteiger partial charge in [-0.15, -0.1) is 0 Å². The summed E-state index contributed by atoms with van der Waals surface area (Å²) < 4.78 is 2.00. The van der Waals surface area contributed by atoms with Crippen LogP contribution in [-0.4, -0.2) is 51.6 Å². The second-order valence-corrected chi connectivity index (χ2v) is 8.19. The van der Waals surface area contributed by atoms with Crippen LogP contribution < -0.4 is 4.90 Å². The number of nitrogens with zero attached hydrogens (tertiary/aromatic N) is 5. The van der Waals surface area contributed by atoms with Gasteiger partial charge in [0.1, 0.15) is 5.52 Å². The van der Waals surface area contributed by atoms with Crippen LogP contribution in [0.15, 0.2) is 48.3 Å². The number of fused-ring (bicyclic) bond motifs is 3. The van der Waals surface area contributed by atoms with Crippen LogP contribution in [0.5, 0.6) is 0 Å². The van der Waals surface area contributed by atoms with Crippen molar-refractivity contribution in [1.82, 2.24) is 19.5 Å². The number of hydrogen-bond donors (Lipinski definition) is 0. The molecule has 0 atom stereocenters. The highest BCUT2D eigenvalue weighted by molar-refractivity contribution is 5.97. The number of anilines is 1. The molecule has 1 amide bonds. The van der Waals surface area contributed by atoms with E-state index in [1.165, 1.54) is 24.1 Å². The number of amides is 1. The number of aromatic nitrogens is 3. The van der Waals surface area contributed by atoms with Crippen molar-refractivity contribution < 1.29 is 4.79 Å². The Morgan fingerprint density at radius 2 is 1.80 bits per heavy atom. The molecule has 0 saturated carbocycles. The molecule has 0 N–H and O–H groups in total. The zero-order valence-electron chi connectivity index (χ0n) is 17.4. The van der Waals surface area contributed by atoms with Crippen LogP contribution in [-0.2, 0) is 17.6 Å². The highest BCUT2D eigenvalue weighted by Gasteiger charge is 2.26. The molecular weight excluding hydrogens is 374 g/mol. The number of hydrogen-bond acceptors (Lipinski definition) is 4. The van der Waals surface area contributed by atoms with Crippen LogP contribution >= 0.6 is 0 Å². The van der Waals surface area contributed by atoms with Gasteiger partial charge in [0.25, 0.3) is 0 Å². The monoisotopic (exact) mass is 401 g/mol. The fourth-order valence-corrected chi connectivity index (χ4v) is 4.61. The molecular formula is C24H27N5O. The molecule has 1 aliphatic heterocycles. The first-order valence-corrected chi connectivity index (χ1v) is 10.8. The Morgan fingerprint density at radius 1 is 1.03 bits per heavy atom. The molecule has 0 bridgehead atoms. The molecule has 6 heteroatoms. The molecule has 5 rings (SSSR count). The maximum absolute atomic E-state index is 12.9. The van der Waals surface area contributed by atoms with Crippen LogP contribution in [0.2, 0.25) is 0 Å². The summed E-state index contributed by atoms with van der Waals surface area (Å²) in [7, 11) is 0. The fourth-order valence-electron chi connectivity index (χ4n) is 4.61. The smallest absolute Gasteiger partial charge is 0.249 e. The maximum Gasteiger partial charge on any atom is 0.249 e. The third kappa shape index (κ3) is 3.47. The molecule has 0 radical (unpaired) electrons. The third-order valence-electron chi connectivity index (χ3n) is 6.19. The molecule has 1 aliphatic carbocycles. The quantitative estimate of drug-likeness (QED) is 0.632. The second-order valence-electron chi connectivity index (χ2n) is 8.19. The van der Waals surface area contributed by atoms with E-state index in [9.17, 15) is 4.79 Å². The van der Waals surface area contributed by atoms with E-state index in [-0.39, 0.29) is 5.91 Å². The van der Waals surface area contributed by atoms with Gasteiger partial charge in [-0.3, -0.25) is 4.79 Å². The van der Waals surface area contributed by atoms with Gasteiger partial charge in [0.15, 0.2) is 5.82 Å². The SMILES string of the molecule is CC(=Cc1ccccc1)C(=O)N1CCN(c2nccn3nc4c(c23)CCCC4)CC1. The lowest BCUT2D eigenvalue weighted by Gasteiger charge is -2.36. The molecule has 154 valence electrons. The number of benzene rings is 1. The summed E-state index contributed by atoms with van der Waals surface area (Å²) in [6.07, 6.45) is 10.3. The normalized spacial score (nSPS) is 17.3. The van der Waals surface area contributed by atoms with Gasteiger partial charge in [-0.2, -0.15) is 5.10 Å². The summed E-state index contributed by atoms with van der Waals surface area (Å²) >= 11 is 0. The van der Waals surface area contributed by atoms with E-state index in [0.29, 0.717) is 13.1 Å². The first-order chi connectivity index (χ1) is 14.7. The maximum atomic E-state index is 12.9. The topological polar surface area (TPSA) is 53.7 Å². The van der Waals surface area contributed by atoms with Crippen LogP contribution in [0.3, 0.4) is 0 Å². The van der Waals surface area contributed by atoms with Gasteiger partial charge in [-0.05, 0) is 44.2 Å². The molecule has 1 saturated heterocycles. The minimum atomic E-state index is 0.117. The van der Waals surface area contributed by atoms with Crippen molar-refractivity contribution in [3.8, 4) is 0 Å². The van der Waals surface area contributed by atoms with E-state index >= 15 is 0 Å². The van der Waals surface area contributed by atoms with E-state index < -0.39 is 0 Å². The molecule has 0 spiro atoms. The van der Waals surface area contributed by atoms with Crippen molar-refractivity contribution in [3.63, 3.8) is 0 Å². The molecule has 0 unspecified atom stereocenters. The third-order valence-corrected chi connectivity index (χ3v) is 6.19. The number of carbonyl (C=O) groups excluding carboxylic acids is 1. The lowest BCUT2D eigenvalue weighted by Crippen LogP contribution is -2.49. The fraction of sp³-hybridized carbons (Fsp3) is 0.375. The molecule has 1 aromatic carbocycles. The highest BCUT2D eigenvalue weighted by Crippen LogP contribution is 2.30. The Labute approximate surface area is 176 Å². The first kappa shape index (κ1) is 18.9. The standard InChI is InChI=1S/C24H27N5O/c1-18(17-19-7-3-2-4-8-19)24(30)28-15-13-27(14-16-28)23-22-20-9-5-6-10-21(20)26-29(22)12-11-25-23/h2-4,7-8,11-12,17H,5-6,9-10,13-16H2,1H3. The van der Waals surface area contributed by atoms with Gasteiger partial charge in [0, 0.05) is 49.7 Å². The van der Waals surface area contributed by atoms with Crippen LogP contribution in [0.25, 0.3) is 11.6 Å². The summed E-state index contributed by atoms with van der Waals surface area (Å²) in [4.78, 5) is 21.9. The van der Waals surface area contributed by atoms with Gasteiger partial charge in [-0.1, -0.05) is 30.3 Å². The van der Waals surface area contributed by atoms with E-state index in [0.717, 1.165) is 48.4 Å². The Balaban J connectivity index is 1.32. The summed E-state index contributed by atoms with van der Waals surface area (Å²) in [6, 6.07) is 10.0. The minimum absolute atomic E-state index is 0.117. The van der Waals surface area contributed by atoms with Gasteiger partial charge in [-0.25, -0.2) is 9.50 Å². The molecule has 2 aromatic heterocycles. The Morgan fingerprint density at radius 3 is 2.60 bits per heavy atom.